The molecular weight excluding hydrogens is 210 g/mol. The summed E-state index contributed by atoms with van der Waals surface area (Å²) < 4.78 is 0. The zero-order valence-corrected chi connectivity index (χ0v) is 9.37. The third kappa shape index (κ3) is 3.00. The molecule has 1 aromatic heterocycles. The number of hydrogen-bond donors (Lipinski definition) is 1. The third-order valence-corrected chi connectivity index (χ3v) is 3.50. The van der Waals surface area contributed by atoms with Gasteiger partial charge in [0.15, 0.2) is 0 Å². The molecule has 1 unspecified atom stereocenters. The second kappa shape index (κ2) is 4.72. The third-order valence-electron chi connectivity index (χ3n) is 2.70. The molecule has 1 aromatic rings. The average Bonchev–Trinajstić information content (AvgIpc) is 2.77. The molecule has 2 heterocycles. The summed E-state index contributed by atoms with van der Waals surface area (Å²) in [5.74, 6) is 0.403. The Morgan fingerprint density at radius 2 is 2.60 bits per heavy atom. The Morgan fingerprint density at radius 3 is 3.27 bits per heavy atom. The first-order valence-electron chi connectivity index (χ1n) is 5.13. The van der Waals surface area contributed by atoms with Crippen molar-refractivity contribution in [2.75, 3.05) is 19.6 Å². The Bertz CT molecular complexity index is 325. The number of rotatable bonds is 4. The van der Waals surface area contributed by atoms with E-state index in [1.54, 1.807) is 11.3 Å². The predicted octanol–water partition coefficient (Wildman–Crippen LogP) is 0.493. The molecule has 1 amide bonds. The second-order valence-electron chi connectivity index (χ2n) is 3.99. The van der Waals surface area contributed by atoms with Crippen molar-refractivity contribution in [1.29, 1.82) is 0 Å². The van der Waals surface area contributed by atoms with Crippen molar-refractivity contribution in [3.05, 3.63) is 16.6 Å². The van der Waals surface area contributed by atoms with Gasteiger partial charge in [0.05, 0.1) is 11.6 Å². The van der Waals surface area contributed by atoms with Gasteiger partial charge in [0.2, 0.25) is 5.91 Å². The van der Waals surface area contributed by atoms with Gasteiger partial charge in [-0.25, -0.2) is 4.98 Å². The number of carbonyl (C=O) groups excluding carboxylic acids is 1. The van der Waals surface area contributed by atoms with E-state index in [1.807, 2.05) is 11.6 Å². The predicted molar refractivity (Wildman–Crippen MR) is 59.6 cm³/mol. The zero-order valence-electron chi connectivity index (χ0n) is 8.56. The van der Waals surface area contributed by atoms with E-state index in [0.717, 1.165) is 25.9 Å². The number of nitrogens with zero attached hydrogens (tertiary/aromatic N) is 2. The molecule has 0 radical (unpaired) electrons. The highest BCUT2D eigenvalue weighted by Gasteiger charge is 2.23. The highest BCUT2D eigenvalue weighted by atomic mass is 32.1. The Kier molecular flexibility index (Phi) is 3.33. The van der Waals surface area contributed by atoms with Crippen molar-refractivity contribution in [2.24, 2.45) is 11.7 Å². The minimum Gasteiger partial charge on any atom is -0.369 e. The molecule has 4 nitrogen and oxygen atoms in total. The lowest BCUT2D eigenvalue weighted by Gasteiger charge is -2.12. The fourth-order valence-corrected chi connectivity index (χ4v) is 2.78. The summed E-state index contributed by atoms with van der Waals surface area (Å²) in [6, 6.07) is 0. The van der Waals surface area contributed by atoms with Gasteiger partial charge in [-0.05, 0) is 18.9 Å². The molecule has 1 aliphatic rings. The minimum atomic E-state index is -0.232. The van der Waals surface area contributed by atoms with Gasteiger partial charge in [-0.15, -0.1) is 11.3 Å². The van der Waals surface area contributed by atoms with Crippen LogP contribution in [-0.4, -0.2) is 35.4 Å². The number of carbonyl (C=O) groups is 1. The summed E-state index contributed by atoms with van der Waals surface area (Å²) >= 11 is 1.70. The highest BCUT2D eigenvalue weighted by molar-refractivity contribution is 7.09. The van der Waals surface area contributed by atoms with Crippen LogP contribution in [0.5, 0.6) is 0 Å². The van der Waals surface area contributed by atoms with Crippen LogP contribution in [0.2, 0.25) is 0 Å². The summed E-state index contributed by atoms with van der Waals surface area (Å²) in [5.41, 5.74) is 5.16. The molecule has 1 aliphatic heterocycles. The van der Waals surface area contributed by atoms with Gasteiger partial charge in [0, 0.05) is 24.5 Å². The van der Waals surface area contributed by atoms with Crippen LogP contribution in [0.3, 0.4) is 0 Å². The fraction of sp³-hybridized carbons (Fsp3) is 0.600. The number of hydrogen-bond acceptors (Lipinski definition) is 4. The van der Waals surface area contributed by atoms with Gasteiger partial charge in [-0.3, -0.25) is 9.69 Å². The van der Waals surface area contributed by atoms with E-state index >= 15 is 0 Å². The van der Waals surface area contributed by atoms with Crippen molar-refractivity contribution in [3.8, 4) is 0 Å². The Balaban J connectivity index is 1.80. The summed E-state index contributed by atoms with van der Waals surface area (Å²) in [5, 5.41) is 3.20. The number of aromatic nitrogens is 1. The lowest BCUT2D eigenvalue weighted by atomic mass is 10.1. The van der Waals surface area contributed by atoms with Gasteiger partial charge in [0.1, 0.15) is 0 Å². The van der Waals surface area contributed by atoms with E-state index < -0.39 is 0 Å². The largest absolute Gasteiger partial charge is 0.369 e. The maximum absolute atomic E-state index is 10.7. The SMILES string of the molecule is NC(=O)CN1CCC(Cc2nccs2)C1. The second-order valence-corrected chi connectivity index (χ2v) is 4.97. The summed E-state index contributed by atoms with van der Waals surface area (Å²) in [7, 11) is 0. The summed E-state index contributed by atoms with van der Waals surface area (Å²) in [4.78, 5) is 17.1. The Labute approximate surface area is 93.1 Å². The van der Waals surface area contributed by atoms with Crippen molar-refractivity contribution < 1.29 is 4.79 Å². The fourth-order valence-electron chi connectivity index (χ4n) is 2.04. The zero-order chi connectivity index (χ0) is 10.7. The molecule has 15 heavy (non-hydrogen) atoms. The van der Waals surface area contributed by atoms with E-state index in [-0.39, 0.29) is 5.91 Å². The normalized spacial score (nSPS) is 22.0. The number of primary amides is 1. The van der Waals surface area contributed by atoms with Crippen LogP contribution in [-0.2, 0) is 11.2 Å². The van der Waals surface area contributed by atoms with E-state index in [9.17, 15) is 4.79 Å². The molecule has 82 valence electrons. The number of amides is 1. The average molecular weight is 225 g/mol. The van der Waals surface area contributed by atoms with Crippen LogP contribution >= 0.6 is 11.3 Å². The molecule has 2 N–H and O–H groups in total. The molecule has 2 rings (SSSR count). The van der Waals surface area contributed by atoms with Crippen LogP contribution < -0.4 is 5.73 Å². The first-order chi connectivity index (χ1) is 7.24. The molecule has 0 aromatic carbocycles. The highest BCUT2D eigenvalue weighted by Crippen LogP contribution is 2.21. The molecule has 0 aliphatic carbocycles. The van der Waals surface area contributed by atoms with Gasteiger partial charge < -0.3 is 5.73 Å². The van der Waals surface area contributed by atoms with Crippen LogP contribution in [0.4, 0.5) is 0 Å². The van der Waals surface area contributed by atoms with Crippen LogP contribution in [0.15, 0.2) is 11.6 Å². The molecule has 1 saturated heterocycles. The summed E-state index contributed by atoms with van der Waals surface area (Å²) in [6.07, 6.45) is 4.02. The first-order valence-corrected chi connectivity index (χ1v) is 6.01. The Hall–Kier alpha value is -0.940. The lowest BCUT2D eigenvalue weighted by molar-refractivity contribution is -0.118. The van der Waals surface area contributed by atoms with E-state index in [2.05, 4.69) is 9.88 Å². The van der Waals surface area contributed by atoms with E-state index in [0.29, 0.717) is 12.5 Å². The number of thiazole rings is 1. The topological polar surface area (TPSA) is 59.2 Å². The summed E-state index contributed by atoms with van der Waals surface area (Å²) in [6.45, 7) is 2.36. The molecule has 1 fully saturated rings. The van der Waals surface area contributed by atoms with Gasteiger partial charge in [0.25, 0.3) is 0 Å². The van der Waals surface area contributed by atoms with E-state index in [4.69, 9.17) is 5.73 Å². The van der Waals surface area contributed by atoms with Crippen molar-refractivity contribution in [3.63, 3.8) is 0 Å². The standard InChI is InChI=1S/C10H15N3OS/c11-9(14)7-13-3-1-8(6-13)5-10-12-2-4-15-10/h2,4,8H,1,3,5-7H2,(H2,11,14). The molecule has 5 heteroatoms. The lowest BCUT2D eigenvalue weighted by Crippen LogP contribution is -2.32. The molecule has 0 saturated carbocycles. The Morgan fingerprint density at radius 1 is 1.73 bits per heavy atom. The van der Waals surface area contributed by atoms with Gasteiger partial charge in [-0.1, -0.05) is 0 Å². The van der Waals surface area contributed by atoms with E-state index in [1.165, 1.54) is 5.01 Å². The minimum absolute atomic E-state index is 0.232. The van der Waals surface area contributed by atoms with Crippen LogP contribution in [0.25, 0.3) is 0 Å². The van der Waals surface area contributed by atoms with Crippen molar-refractivity contribution in [2.45, 2.75) is 12.8 Å². The number of nitrogens with two attached hydrogens (primary N) is 1. The van der Waals surface area contributed by atoms with Gasteiger partial charge in [-0.2, -0.15) is 0 Å². The maximum Gasteiger partial charge on any atom is 0.231 e. The monoisotopic (exact) mass is 225 g/mol. The smallest absolute Gasteiger partial charge is 0.231 e. The quantitative estimate of drug-likeness (QED) is 0.811. The maximum atomic E-state index is 10.7. The van der Waals surface area contributed by atoms with Crippen molar-refractivity contribution >= 4 is 17.2 Å². The molecule has 0 spiro atoms. The van der Waals surface area contributed by atoms with Crippen molar-refractivity contribution in [1.82, 2.24) is 9.88 Å². The molecular formula is C10H15N3OS. The molecule has 0 bridgehead atoms. The van der Waals surface area contributed by atoms with Gasteiger partial charge >= 0.3 is 0 Å². The molecule has 1 atom stereocenters. The first kappa shape index (κ1) is 10.6. The van der Waals surface area contributed by atoms with Crippen LogP contribution in [0.1, 0.15) is 11.4 Å². The van der Waals surface area contributed by atoms with Crippen LogP contribution in [0, 0.1) is 5.92 Å². The number of likely N-dealkylation sites (tertiary alicyclic amines) is 1.